The molecule has 1 aliphatic carbocycles. The van der Waals surface area contributed by atoms with Gasteiger partial charge in [0.1, 0.15) is 0 Å². The summed E-state index contributed by atoms with van der Waals surface area (Å²) in [5.41, 5.74) is 1.12. The van der Waals surface area contributed by atoms with Crippen LogP contribution in [0.5, 0.6) is 0 Å². The summed E-state index contributed by atoms with van der Waals surface area (Å²) in [6, 6.07) is 0.956. The van der Waals surface area contributed by atoms with Gasteiger partial charge in [0.15, 0.2) is 0 Å². The Bertz CT molecular complexity index is 417. The quantitative estimate of drug-likeness (QED) is 0.756. The lowest BCUT2D eigenvalue weighted by Gasteiger charge is -2.29. The van der Waals surface area contributed by atoms with Crippen LogP contribution in [0.25, 0.3) is 0 Å². The van der Waals surface area contributed by atoms with E-state index in [1.165, 1.54) is 12.8 Å². The molecule has 1 aromatic heterocycles. The molecule has 5 heteroatoms. The van der Waals surface area contributed by atoms with Crippen LogP contribution in [0.4, 0.5) is 5.95 Å². The van der Waals surface area contributed by atoms with E-state index in [-0.39, 0.29) is 0 Å². The van der Waals surface area contributed by atoms with Crippen molar-refractivity contribution >= 4 is 5.95 Å². The van der Waals surface area contributed by atoms with Crippen molar-refractivity contribution in [3.8, 4) is 0 Å². The maximum absolute atomic E-state index is 5.23. The molecule has 0 aromatic carbocycles. The molecule has 0 aliphatic heterocycles. The molecule has 2 rings (SSSR count). The summed E-state index contributed by atoms with van der Waals surface area (Å²) in [4.78, 5) is 11.4. The van der Waals surface area contributed by atoms with Gasteiger partial charge in [-0.25, -0.2) is 9.97 Å². The SMILES string of the molecule is COCCN(c1ncc(CNC(C)C)cn1)C(C)C1CC1. The van der Waals surface area contributed by atoms with Crippen LogP contribution < -0.4 is 10.2 Å². The van der Waals surface area contributed by atoms with Gasteiger partial charge in [-0.15, -0.1) is 0 Å². The first-order chi connectivity index (χ1) is 10.1. The fraction of sp³-hybridized carbons (Fsp3) is 0.750. The molecule has 1 atom stereocenters. The van der Waals surface area contributed by atoms with Gasteiger partial charge >= 0.3 is 0 Å². The van der Waals surface area contributed by atoms with Crippen molar-refractivity contribution in [3.63, 3.8) is 0 Å². The maximum Gasteiger partial charge on any atom is 0.225 e. The summed E-state index contributed by atoms with van der Waals surface area (Å²) < 4.78 is 5.23. The minimum Gasteiger partial charge on any atom is -0.383 e. The highest BCUT2D eigenvalue weighted by Gasteiger charge is 2.33. The number of ether oxygens (including phenoxy) is 1. The van der Waals surface area contributed by atoms with E-state index in [0.29, 0.717) is 18.7 Å². The molecule has 0 radical (unpaired) electrons. The van der Waals surface area contributed by atoms with Crippen molar-refractivity contribution in [1.82, 2.24) is 15.3 Å². The Balaban J connectivity index is 2.01. The van der Waals surface area contributed by atoms with Crippen LogP contribution in [0.3, 0.4) is 0 Å². The third-order valence-corrected chi connectivity index (χ3v) is 4.00. The molecule has 0 saturated heterocycles. The van der Waals surface area contributed by atoms with Crippen molar-refractivity contribution < 1.29 is 4.74 Å². The molecule has 118 valence electrons. The van der Waals surface area contributed by atoms with Crippen LogP contribution in [-0.2, 0) is 11.3 Å². The van der Waals surface area contributed by atoms with Gasteiger partial charge in [-0.3, -0.25) is 0 Å². The fourth-order valence-corrected chi connectivity index (χ4v) is 2.42. The normalized spacial score (nSPS) is 16.2. The Hall–Kier alpha value is -1.20. The van der Waals surface area contributed by atoms with E-state index in [2.05, 4.69) is 41.0 Å². The van der Waals surface area contributed by atoms with E-state index in [9.17, 15) is 0 Å². The van der Waals surface area contributed by atoms with Gasteiger partial charge in [-0.2, -0.15) is 0 Å². The standard InChI is InChI=1S/C16H28N4O/c1-12(2)17-9-14-10-18-16(19-11-14)20(7-8-21-4)13(3)15-5-6-15/h10-13,15,17H,5-9H2,1-4H3. The molecule has 1 unspecified atom stereocenters. The number of aromatic nitrogens is 2. The van der Waals surface area contributed by atoms with Gasteiger partial charge in [-0.05, 0) is 25.7 Å². The summed E-state index contributed by atoms with van der Waals surface area (Å²) in [6.07, 6.45) is 6.50. The number of nitrogens with one attached hydrogen (secondary N) is 1. The van der Waals surface area contributed by atoms with E-state index in [1.807, 2.05) is 12.4 Å². The zero-order valence-electron chi connectivity index (χ0n) is 13.7. The average Bonchev–Trinajstić information content (AvgIpc) is 3.31. The van der Waals surface area contributed by atoms with Crippen molar-refractivity contribution in [2.75, 3.05) is 25.2 Å². The van der Waals surface area contributed by atoms with Gasteiger partial charge in [0.05, 0.1) is 6.61 Å². The predicted octanol–water partition coefficient (Wildman–Crippen LogP) is 2.23. The monoisotopic (exact) mass is 292 g/mol. The third kappa shape index (κ3) is 4.93. The molecule has 1 fully saturated rings. The molecule has 21 heavy (non-hydrogen) atoms. The van der Waals surface area contributed by atoms with Crippen molar-refractivity contribution in [1.29, 1.82) is 0 Å². The number of nitrogens with zero attached hydrogens (tertiary/aromatic N) is 3. The first kappa shape index (κ1) is 16.2. The molecule has 1 aliphatic rings. The molecule has 0 bridgehead atoms. The van der Waals surface area contributed by atoms with Gasteiger partial charge in [0.2, 0.25) is 5.95 Å². The van der Waals surface area contributed by atoms with Gasteiger partial charge < -0.3 is 15.0 Å². The van der Waals surface area contributed by atoms with Gasteiger partial charge in [0.25, 0.3) is 0 Å². The smallest absolute Gasteiger partial charge is 0.225 e. The molecular formula is C16H28N4O. The summed E-state index contributed by atoms with van der Waals surface area (Å²) in [7, 11) is 1.74. The van der Waals surface area contributed by atoms with E-state index < -0.39 is 0 Å². The lowest BCUT2D eigenvalue weighted by Crippen LogP contribution is -2.38. The minimum absolute atomic E-state index is 0.470. The number of rotatable bonds is 9. The molecule has 0 amide bonds. The summed E-state index contributed by atoms with van der Waals surface area (Å²) in [6.45, 7) is 8.91. The molecule has 1 heterocycles. The van der Waals surface area contributed by atoms with Crippen LogP contribution >= 0.6 is 0 Å². The largest absolute Gasteiger partial charge is 0.383 e. The average molecular weight is 292 g/mol. The Labute approximate surface area is 128 Å². The Kier molecular flexibility index (Phi) is 5.94. The molecule has 1 saturated carbocycles. The van der Waals surface area contributed by atoms with Gasteiger partial charge in [0, 0.05) is 50.2 Å². The number of anilines is 1. The van der Waals surface area contributed by atoms with Crippen molar-refractivity contribution in [3.05, 3.63) is 18.0 Å². The Morgan fingerprint density at radius 1 is 1.29 bits per heavy atom. The van der Waals surface area contributed by atoms with Crippen molar-refractivity contribution in [2.24, 2.45) is 5.92 Å². The Morgan fingerprint density at radius 3 is 2.48 bits per heavy atom. The van der Waals surface area contributed by atoms with E-state index in [0.717, 1.165) is 30.5 Å². The molecule has 0 spiro atoms. The zero-order valence-corrected chi connectivity index (χ0v) is 13.7. The topological polar surface area (TPSA) is 50.3 Å². The van der Waals surface area contributed by atoms with Crippen LogP contribution in [0.1, 0.15) is 39.2 Å². The Morgan fingerprint density at radius 2 is 1.95 bits per heavy atom. The summed E-state index contributed by atoms with van der Waals surface area (Å²) in [5.74, 6) is 1.60. The summed E-state index contributed by atoms with van der Waals surface area (Å²) in [5, 5.41) is 3.38. The number of hydrogen-bond donors (Lipinski definition) is 1. The van der Waals surface area contributed by atoms with Crippen molar-refractivity contribution in [2.45, 2.75) is 52.2 Å². The minimum atomic E-state index is 0.470. The van der Waals surface area contributed by atoms with Crippen LogP contribution in [-0.4, -0.2) is 42.3 Å². The second kappa shape index (κ2) is 7.71. The van der Waals surface area contributed by atoms with E-state index in [1.54, 1.807) is 7.11 Å². The molecular weight excluding hydrogens is 264 g/mol. The first-order valence-electron chi connectivity index (χ1n) is 7.91. The number of methoxy groups -OCH3 is 1. The highest BCUT2D eigenvalue weighted by Crippen LogP contribution is 2.36. The molecule has 1 aromatic rings. The number of hydrogen-bond acceptors (Lipinski definition) is 5. The zero-order chi connectivity index (χ0) is 15.2. The third-order valence-electron chi connectivity index (χ3n) is 4.00. The lowest BCUT2D eigenvalue weighted by molar-refractivity contribution is 0.202. The van der Waals surface area contributed by atoms with Crippen LogP contribution in [0, 0.1) is 5.92 Å². The van der Waals surface area contributed by atoms with Gasteiger partial charge in [-0.1, -0.05) is 13.8 Å². The second-order valence-electron chi connectivity index (χ2n) is 6.19. The van der Waals surface area contributed by atoms with Crippen LogP contribution in [0.2, 0.25) is 0 Å². The predicted molar refractivity (Wildman–Crippen MR) is 85.4 cm³/mol. The molecule has 1 N–H and O–H groups in total. The molecule has 5 nitrogen and oxygen atoms in total. The maximum atomic E-state index is 5.23. The van der Waals surface area contributed by atoms with E-state index >= 15 is 0 Å². The summed E-state index contributed by atoms with van der Waals surface area (Å²) >= 11 is 0. The fourth-order valence-electron chi connectivity index (χ4n) is 2.42. The highest BCUT2D eigenvalue weighted by atomic mass is 16.5. The van der Waals surface area contributed by atoms with E-state index in [4.69, 9.17) is 4.74 Å². The lowest BCUT2D eigenvalue weighted by atomic mass is 10.2. The second-order valence-corrected chi connectivity index (χ2v) is 6.19. The highest BCUT2D eigenvalue weighted by molar-refractivity contribution is 5.32. The van der Waals surface area contributed by atoms with Crippen LogP contribution in [0.15, 0.2) is 12.4 Å². The first-order valence-corrected chi connectivity index (χ1v) is 7.91.